The second-order valence-electron chi connectivity index (χ2n) is 10.8. The number of hydrogen-bond acceptors (Lipinski definition) is 5. The maximum Gasteiger partial charge on any atom is 0.165 e. The molecule has 2 bridgehead atoms. The van der Waals surface area contributed by atoms with Crippen molar-refractivity contribution in [1.29, 1.82) is 0 Å². The summed E-state index contributed by atoms with van der Waals surface area (Å²) in [6.45, 7) is 6.26. The molecule has 0 unspecified atom stereocenters. The Balaban J connectivity index is 1.55. The van der Waals surface area contributed by atoms with Crippen LogP contribution in [-0.2, 0) is 11.8 Å². The number of phenolic OH excluding ortho intramolecular Hbond substituents is 1. The highest BCUT2D eigenvalue weighted by Crippen LogP contribution is 2.67. The lowest BCUT2D eigenvalue weighted by Gasteiger charge is -2.65. The molecule has 2 heterocycles. The van der Waals surface area contributed by atoms with Crippen molar-refractivity contribution in [2.24, 2.45) is 17.6 Å². The molecule has 5 nitrogen and oxygen atoms in total. The van der Waals surface area contributed by atoms with E-state index in [4.69, 9.17) is 10.5 Å². The lowest BCUT2D eigenvalue weighted by atomic mass is 9.46. The number of hydrogen-bond donors (Lipinski definition) is 3. The number of rotatable bonds is 3. The summed E-state index contributed by atoms with van der Waals surface area (Å²) in [6, 6.07) is 3.97. The molecular weight excluding hydrogens is 352 g/mol. The Hall–Kier alpha value is -1.30. The van der Waals surface area contributed by atoms with E-state index in [0.29, 0.717) is 5.75 Å². The van der Waals surface area contributed by atoms with E-state index in [1.807, 2.05) is 0 Å². The first-order chi connectivity index (χ1) is 13.3. The molecule has 0 aromatic heterocycles. The van der Waals surface area contributed by atoms with Crippen LogP contribution >= 0.6 is 0 Å². The second kappa shape index (κ2) is 5.24. The predicted molar refractivity (Wildman–Crippen MR) is 107 cm³/mol. The molecule has 1 saturated heterocycles. The topological polar surface area (TPSA) is 79.0 Å². The number of aromatic hydroxyl groups is 1. The third-order valence-corrected chi connectivity index (χ3v) is 8.72. The number of likely N-dealkylation sites (tertiary alicyclic amines) is 1. The van der Waals surface area contributed by atoms with E-state index < -0.39 is 16.6 Å². The number of nitrogens with zero attached hydrogens (tertiary/aromatic N) is 1. The van der Waals surface area contributed by atoms with Gasteiger partial charge in [-0.3, -0.25) is 4.90 Å². The molecule has 5 aliphatic rings. The molecule has 28 heavy (non-hydrogen) atoms. The molecule has 3 aliphatic carbocycles. The summed E-state index contributed by atoms with van der Waals surface area (Å²) in [5.74, 6) is 1.79. The average Bonchev–Trinajstić information content (AvgIpc) is 3.36. The molecule has 2 saturated carbocycles. The highest BCUT2D eigenvalue weighted by Gasteiger charge is 2.73. The largest absolute Gasteiger partial charge is 0.504 e. The molecule has 5 atom stereocenters. The Bertz CT molecular complexity index is 845. The van der Waals surface area contributed by atoms with Gasteiger partial charge in [0.25, 0.3) is 0 Å². The van der Waals surface area contributed by atoms with Crippen molar-refractivity contribution >= 4 is 0 Å². The zero-order valence-electron chi connectivity index (χ0n) is 16.9. The van der Waals surface area contributed by atoms with Crippen LogP contribution in [0.4, 0.5) is 0 Å². The third kappa shape index (κ3) is 1.98. The minimum Gasteiger partial charge on any atom is -0.504 e. The highest BCUT2D eigenvalue weighted by atomic mass is 16.5. The van der Waals surface area contributed by atoms with Crippen LogP contribution in [0, 0.1) is 11.8 Å². The average molecular weight is 385 g/mol. The lowest BCUT2D eigenvalue weighted by molar-refractivity contribution is -0.203. The quantitative estimate of drug-likeness (QED) is 0.745. The first kappa shape index (κ1) is 17.5. The van der Waals surface area contributed by atoms with Gasteiger partial charge < -0.3 is 20.7 Å². The van der Waals surface area contributed by atoms with Gasteiger partial charge in [0.05, 0.1) is 11.0 Å². The molecule has 152 valence electrons. The van der Waals surface area contributed by atoms with Crippen LogP contribution in [-0.4, -0.2) is 51.5 Å². The van der Waals surface area contributed by atoms with Crippen molar-refractivity contribution in [3.63, 3.8) is 0 Å². The number of nitrogens with two attached hydrogens (primary N) is 1. The Morgan fingerprint density at radius 3 is 2.75 bits per heavy atom. The van der Waals surface area contributed by atoms with Crippen LogP contribution in [0.5, 0.6) is 11.5 Å². The molecule has 0 radical (unpaired) electrons. The number of piperidine rings is 1. The van der Waals surface area contributed by atoms with E-state index in [-0.39, 0.29) is 23.8 Å². The van der Waals surface area contributed by atoms with Gasteiger partial charge in [0.15, 0.2) is 11.5 Å². The van der Waals surface area contributed by atoms with Crippen LogP contribution in [0.2, 0.25) is 0 Å². The van der Waals surface area contributed by atoms with Gasteiger partial charge >= 0.3 is 0 Å². The van der Waals surface area contributed by atoms with Crippen LogP contribution in [0.1, 0.15) is 57.1 Å². The molecule has 1 aromatic carbocycles. The van der Waals surface area contributed by atoms with E-state index in [1.54, 1.807) is 6.07 Å². The smallest absolute Gasteiger partial charge is 0.165 e. The zero-order chi connectivity index (χ0) is 19.5. The zero-order valence-corrected chi connectivity index (χ0v) is 16.9. The number of benzene rings is 1. The fraction of sp³-hybridized carbons (Fsp3) is 0.739. The molecule has 1 spiro atoms. The van der Waals surface area contributed by atoms with Crippen molar-refractivity contribution in [3.05, 3.63) is 23.3 Å². The third-order valence-electron chi connectivity index (χ3n) is 8.72. The lowest BCUT2D eigenvalue weighted by Crippen LogP contribution is -2.77. The van der Waals surface area contributed by atoms with Gasteiger partial charge in [-0.15, -0.1) is 0 Å². The first-order valence-corrected chi connectivity index (χ1v) is 11.0. The second-order valence-corrected chi connectivity index (χ2v) is 10.8. The van der Waals surface area contributed by atoms with Gasteiger partial charge in [0.1, 0.15) is 6.10 Å². The normalized spacial score (nSPS) is 41.5. The standard InChI is InChI=1S/C23H32N2O3/c1-21(2,24)15-7-8-23(27)17-11-14-5-6-16(26)19-18(14)22(23,20(15)28-19)9-10-25(17)12-13-3-4-13/h5-6,13,15,17,20,26-27H,3-4,7-12,24H2,1-2H3/t15-,17-,20+,22+,23-/m1/s1. The Morgan fingerprint density at radius 1 is 1.25 bits per heavy atom. The summed E-state index contributed by atoms with van der Waals surface area (Å²) in [5.41, 5.74) is 7.32. The van der Waals surface area contributed by atoms with Gasteiger partial charge in [0, 0.05) is 29.6 Å². The van der Waals surface area contributed by atoms with Gasteiger partial charge in [-0.1, -0.05) is 6.07 Å². The molecular formula is C23H32N2O3. The predicted octanol–water partition coefficient (Wildman–Crippen LogP) is 2.31. The molecule has 2 aliphatic heterocycles. The van der Waals surface area contributed by atoms with Gasteiger partial charge in [0.2, 0.25) is 0 Å². The van der Waals surface area contributed by atoms with Crippen molar-refractivity contribution in [3.8, 4) is 11.5 Å². The minimum absolute atomic E-state index is 0.137. The number of ether oxygens (including phenoxy) is 1. The monoisotopic (exact) mass is 384 g/mol. The van der Waals surface area contributed by atoms with Crippen LogP contribution in [0.15, 0.2) is 12.1 Å². The van der Waals surface area contributed by atoms with Crippen LogP contribution < -0.4 is 10.5 Å². The maximum absolute atomic E-state index is 12.3. The number of aliphatic hydroxyl groups is 1. The highest BCUT2D eigenvalue weighted by molar-refractivity contribution is 5.62. The molecule has 5 heteroatoms. The summed E-state index contributed by atoms with van der Waals surface area (Å²) in [6.07, 6.45) is 5.85. The Kier molecular flexibility index (Phi) is 3.28. The van der Waals surface area contributed by atoms with Gasteiger partial charge in [-0.2, -0.15) is 0 Å². The van der Waals surface area contributed by atoms with E-state index in [0.717, 1.165) is 50.3 Å². The molecule has 3 fully saturated rings. The van der Waals surface area contributed by atoms with Crippen molar-refractivity contribution in [2.45, 2.75) is 81.1 Å². The molecule has 4 N–H and O–H groups in total. The van der Waals surface area contributed by atoms with E-state index in [2.05, 4.69) is 24.8 Å². The van der Waals surface area contributed by atoms with Gasteiger partial charge in [-0.25, -0.2) is 0 Å². The summed E-state index contributed by atoms with van der Waals surface area (Å²) >= 11 is 0. The SMILES string of the molecule is CC(C)(N)[C@@H]1CC[C@@]2(O)[C@H]3Cc4ccc(O)c5c4[C@@]2(CCN3CC2CC2)[C@H]1O5. The fourth-order valence-corrected chi connectivity index (χ4v) is 7.24. The van der Waals surface area contributed by atoms with Crippen molar-refractivity contribution in [1.82, 2.24) is 4.90 Å². The summed E-state index contributed by atoms with van der Waals surface area (Å²) in [5, 5.41) is 23.0. The van der Waals surface area contributed by atoms with E-state index >= 15 is 0 Å². The van der Waals surface area contributed by atoms with Gasteiger partial charge in [-0.05, 0) is 76.5 Å². The molecule has 6 rings (SSSR count). The van der Waals surface area contributed by atoms with Crippen molar-refractivity contribution in [2.75, 3.05) is 13.1 Å². The number of phenols is 1. The van der Waals surface area contributed by atoms with E-state index in [9.17, 15) is 10.2 Å². The minimum atomic E-state index is -0.807. The molecule has 0 amide bonds. The summed E-state index contributed by atoms with van der Waals surface area (Å²) in [4.78, 5) is 2.57. The summed E-state index contributed by atoms with van der Waals surface area (Å²) in [7, 11) is 0. The Labute approximate surface area is 166 Å². The van der Waals surface area contributed by atoms with Crippen molar-refractivity contribution < 1.29 is 14.9 Å². The van der Waals surface area contributed by atoms with E-state index in [1.165, 1.54) is 18.4 Å². The summed E-state index contributed by atoms with van der Waals surface area (Å²) < 4.78 is 6.53. The van der Waals surface area contributed by atoms with Crippen LogP contribution in [0.25, 0.3) is 0 Å². The maximum atomic E-state index is 12.3. The Morgan fingerprint density at radius 2 is 2.04 bits per heavy atom. The molecule has 1 aromatic rings. The fourth-order valence-electron chi connectivity index (χ4n) is 7.24. The first-order valence-electron chi connectivity index (χ1n) is 11.0. The van der Waals surface area contributed by atoms with Crippen LogP contribution in [0.3, 0.4) is 0 Å².